The highest BCUT2D eigenvalue weighted by Crippen LogP contribution is 2.26. The van der Waals surface area contributed by atoms with E-state index < -0.39 is 0 Å². The van der Waals surface area contributed by atoms with Crippen LogP contribution in [0, 0.1) is 0 Å². The van der Waals surface area contributed by atoms with Gasteiger partial charge in [0, 0.05) is 11.3 Å². The second-order valence-corrected chi connectivity index (χ2v) is 5.72. The highest BCUT2D eigenvalue weighted by molar-refractivity contribution is 5.98. The number of hydrogen-bond donors (Lipinski definition) is 1. The molecule has 0 unspecified atom stereocenters. The molecular formula is C20H20N4O2. The van der Waals surface area contributed by atoms with E-state index in [1.165, 1.54) is 0 Å². The Morgan fingerprint density at radius 1 is 1.04 bits per heavy atom. The highest BCUT2D eigenvalue weighted by Gasteiger charge is 2.11. The molecule has 1 heterocycles. The fourth-order valence-electron chi connectivity index (χ4n) is 2.48. The second-order valence-electron chi connectivity index (χ2n) is 5.72. The Bertz CT molecular complexity index is 939. The maximum atomic E-state index is 11.6. The minimum absolute atomic E-state index is 0.128. The van der Waals surface area contributed by atoms with Crippen molar-refractivity contribution >= 4 is 28.5 Å². The first-order valence-electron chi connectivity index (χ1n) is 8.44. The van der Waals surface area contributed by atoms with Crippen LogP contribution in [0.2, 0.25) is 0 Å². The van der Waals surface area contributed by atoms with Gasteiger partial charge in [-0.25, -0.2) is 9.97 Å². The first kappa shape index (κ1) is 17.5. The van der Waals surface area contributed by atoms with Crippen molar-refractivity contribution in [1.82, 2.24) is 9.97 Å². The molecule has 0 bridgehead atoms. The summed E-state index contributed by atoms with van der Waals surface area (Å²) in [6.07, 6.45) is 0.128. The molecule has 0 radical (unpaired) electrons. The minimum atomic E-state index is -0.302. The standard InChI is InChI=1S/C20H20N4O2/c1-3-26-18(25)13-14(2)23-24-20-19(15-9-5-4-6-10-15)21-16-11-7-8-12-17(16)22-20/h4-12H,3,13H2,1-2H3,(H,22,24)/b23-14-. The number of rotatable bonds is 6. The lowest BCUT2D eigenvalue weighted by atomic mass is 10.1. The van der Waals surface area contributed by atoms with Gasteiger partial charge in [0.1, 0.15) is 5.69 Å². The number of esters is 1. The van der Waals surface area contributed by atoms with Gasteiger partial charge in [0.2, 0.25) is 0 Å². The SMILES string of the molecule is CCOC(=O)C/C(C)=N\Nc1nc2ccccc2nc1-c1ccccc1. The van der Waals surface area contributed by atoms with Gasteiger partial charge in [-0.3, -0.25) is 10.2 Å². The Morgan fingerprint density at radius 2 is 1.69 bits per heavy atom. The summed E-state index contributed by atoms with van der Waals surface area (Å²) in [5, 5.41) is 4.27. The molecule has 6 heteroatoms. The van der Waals surface area contributed by atoms with Gasteiger partial charge >= 0.3 is 5.97 Å². The van der Waals surface area contributed by atoms with Gasteiger partial charge < -0.3 is 4.74 Å². The number of ether oxygens (including phenoxy) is 1. The van der Waals surface area contributed by atoms with Crippen LogP contribution < -0.4 is 5.43 Å². The number of fused-ring (bicyclic) bond motifs is 1. The van der Waals surface area contributed by atoms with Gasteiger partial charge in [0.25, 0.3) is 0 Å². The molecule has 0 aliphatic rings. The summed E-state index contributed by atoms with van der Waals surface area (Å²) in [6.45, 7) is 3.90. The molecule has 0 fully saturated rings. The van der Waals surface area contributed by atoms with Crippen molar-refractivity contribution in [3.05, 3.63) is 54.6 Å². The third kappa shape index (κ3) is 4.22. The Balaban J connectivity index is 1.94. The van der Waals surface area contributed by atoms with Gasteiger partial charge in [-0.1, -0.05) is 42.5 Å². The monoisotopic (exact) mass is 348 g/mol. The zero-order chi connectivity index (χ0) is 18.4. The molecule has 26 heavy (non-hydrogen) atoms. The molecule has 1 aromatic heterocycles. The van der Waals surface area contributed by atoms with E-state index in [9.17, 15) is 4.79 Å². The van der Waals surface area contributed by atoms with Crippen LogP contribution in [0.3, 0.4) is 0 Å². The zero-order valence-corrected chi connectivity index (χ0v) is 14.8. The predicted molar refractivity (Wildman–Crippen MR) is 103 cm³/mol. The predicted octanol–water partition coefficient (Wildman–Crippen LogP) is 4.04. The Morgan fingerprint density at radius 3 is 2.38 bits per heavy atom. The van der Waals surface area contributed by atoms with Crippen molar-refractivity contribution in [3.8, 4) is 11.3 Å². The number of aromatic nitrogens is 2. The number of nitrogens with zero attached hydrogens (tertiary/aromatic N) is 3. The summed E-state index contributed by atoms with van der Waals surface area (Å²) in [6, 6.07) is 17.5. The van der Waals surface area contributed by atoms with Crippen molar-refractivity contribution < 1.29 is 9.53 Å². The number of carbonyl (C=O) groups excluding carboxylic acids is 1. The number of nitrogens with one attached hydrogen (secondary N) is 1. The van der Waals surface area contributed by atoms with Crippen LogP contribution in [0.15, 0.2) is 59.7 Å². The van der Waals surface area contributed by atoms with E-state index in [2.05, 4.69) is 15.5 Å². The number of hydrazone groups is 1. The topological polar surface area (TPSA) is 76.5 Å². The molecule has 0 amide bonds. The van der Waals surface area contributed by atoms with E-state index in [0.29, 0.717) is 23.8 Å². The third-order valence-electron chi connectivity index (χ3n) is 3.68. The summed E-state index contributed by atoms with van der Waals surface area (Å²) >= 11 is 0. The summed E-state index contributed by atoms with van der Waals surface area (Å²) in [5.74, 6) is 0.238. The lowest BCUT2D eigenvalue weighted by molar-refractivity contribution is -0.141. The lowest BCUT2D eigenvalue weighted by Crippen LogP contribution is -2.10. The van der Waals surface area contributed by atoms with Crippen LogP contribution in [0.5, 0.6) is 0 Å². The summed E-state index contributed by atoms with van der Waals surface area (Å²) < 4.78 is 4.94. The van der Waals surface area contributed by atoms with Gasteiger partial charge in [-0.15, -0.1) is 0 Å². The van der Waals surface area contributed by atoms with Gasteiger partial charge in [0.05, 0.1) is 24.1 Å². The van der Waals surface area contributed by atoms with Crippen LogP contribution in [0.4, 0.5) is 5.82 Å². The summed E-state index contributed by atoms with van der Waals surface area (Å²) in [5.41, 5.74) is 6.79. The third-order valence-corrected chi connectivity index (χ3v) is 3.68. The maximum absolute atomic E-state index is 11.6. The van der Waals surface area contributed by atoms with Crippen molar-refractivity contribution in [2.45, 2.75) is 20.3 Å². The van der Waals surface area contributed by atoms with Crippen molar-refractivity contribution in [2.24, 2.45) is 5.10 Å². The van der Waals surface area contributed by atoms with E-state index in [-0.39, 0.29) is 12.4 Å². The Hall–Kier alpha value is -3.28. The fourth-order valence-corrected chi connectivity index (χ4v) is 2.48. The van der Waals surface area contributed by atoms with E-state index >= 15 is 0 Å². The van der Waals surface area contributed by atoms with Crippen LogP contribution in [-0.2, 0) is 9.53 Å². The van der Waals surface area contributed by atoms with Gasteiger partial charge in [-0.2, -0.15) is 5.10 Å². The molecular weight excluding hydrogens is 328 g/mol. The van der Waals surface area contributed by atoms with Gasteiger partial charge in [0.15, 0.2) is 5.82 Å². The molecule has 6 nitrogen and oxygen atoms in total. The summed E-state index contributed by atoms with van der Waals surface area (Å²) in [7, 11) is 0. The van der Waals surface area contributed by atoms with Crippen LogP contribution in [0.25, 0.3) is 22.3 Å². The molecule has 0 spiro atoms. The number of benzene rings is 2. The van der Waals surface area contributed by atoms with Crippen molar-refractivity contribution in [2.75, 3.05) is 12.0 Å². The van der Waals surface area contributed by atoms with Crippen molar-refractivity contribution in [1.29, 1.82) is 0 Å². The van der Waals surface area contributed by atoms with Crippen LogP contribution in [-0.4, -0.2) is 28.3 Å². The van der Waals surface area contributed by atoms with E-state index in [1.54, 1.807) is 13.8 Å². The molecule has 0 aliphatic carbocycles. The molecule has 0 aliphatic heterocycles. The van der Waals surface area contributed by atoms with Gasteiger partial charge in [-0.05, 0) is 26.0 Å². The van der Waals surface area contributed by atoms with E-state index in [4.69, 9.17) is 9.72 Å². The van der Waals surface area contributed by atoms with E-state index in [1.807, 2.05) is 54.6 Å². The molecule has 3 rings (SSSR count). The number of anilines is 1. The minimum Gasteiger partial charge on any atom is -0.466 e. The molecule has 132 valence electrons. The zero-order valence-electron chi connectivity index (χ0n) is 14.8. The average Bonchev–Trinajstić information content (AvgIpc) is 2.66. The molecule has 1 N–H and O–H groups in total. The normalized spacial score (nSPS) is 11.4. The number of hydrogen-bond acceptors (Lipinski definition) is 6. The Kier molecular flexibility index (Phi) is 5.53. The van der Waals surface area contributed by atoms with Crippen LogP contribution >= 0.6 is 0 Å². The van der Waals surface area contributed by atoms with Crippen molar-refractivity contribution in [3.63, 3.8) is 0 Å². The largest absolute Gasteiger partial charge is 0.466 e. The number of para-hydroxylation sites is 2. The molecule has 0 saturated heterocycles. The Labute approximate surface area is 151 Å². The highest BCUT2D eigenvalue weighted by atomic mass is 16.5. The van der Waals surface area contributed by atoms with E-state index in [0.717, 1.165) is 16.6 Å². The summed E-state index contributed by atoms with van der Waals surface area (Å²) in [4.78, 5) is 20.9. The number of carbonyl (C=O) groups is 1. The first-order chi connectivity index (χ1) is 12.7. The average molecular weight is 348 g/mol. The first-order valence-corrected chi connectivity index (χ1v) is 8.44. The lowest BCUT2D eigenvalue weighted by Gasteiger charge is -2.10. The molecule has 0 atom stereocenters. The quantitative estimate of drug-likeness (QED) is 0.413. The fraction of sp³-hybridized carbons (Fsp3) is 0.200. The van der Waals surface area contributed by atoms with Crippen LogP contribution in [0.1, 0.15) is 20.3 Å². The molecule has 2 aromatic carbocycles. The molecule has 3 aromatic rings. The second kappa shape index (κ2) is 8.20. The molecule has 0 saturated carbocycles. The smallest absolute Gasteiger partial charge is 0.311 e. The maximum Gasteiger partial charge on any atom is 0.311 e.